The number of amides is 1. The molecule has 4 aliphatic rings. The van der Waals surface area contributed by atoms with E-state index in [9.17, 15) is 4.79 Å². The van der Waals surface area contributed by atoms with Crippen LogP contribution in [0.3, 0.4) is 0 Å². The van der Waals surface area contributed by atoms with Crippen LogP contribution in [0.5, 0.6) is 0 Å². The Morgan fingerprint density at radius 2 is 1.75 bits per heavy atom. The maximum atomic E-state index is 13.0. The second-order valence-electron chi connectivity index (χ2n) is 7.53. The molecule has 20 heavy (non-hydrogen) atoms. The molecule has 2 bridgehead atoms. The Bertz CT molecular complexity index is 374. The van der Waals surface area contributed by atoms with Gasteiger partial charge in [-0.15, -0.1) is 0 Å². The molecule has 4 atom stereocenters. The number of carbonyl (C=O) groups is 1. The Morgan fingerprint density at radius 1 is 1.10 bits per heavy atom. The SMILES string of the molecule is CCCN(C(=O)C1C2C3CCC(C3)C12)C1CCNCC1. The van der Waals surface area contributed by atoms with Crippen molar-refractivity contribution in [2.45, 2.75) is 51.5 Å². The van der Waals surface area contributed by atoms with Gasteiger partial charge in [-0.1, -0.05) is 6.92 Å². The molecule has 4 rings (SSSR count). The quantitative estimate of drug-likeness (QED) is 0.854. The molecule has 3 saturated carbocycles. The minimum Gasteiger partial charge on any atom is -0.339 e. The van der Waals surface area contributed by atoms with Gasteiger partial charge in [-0.2, -0.15) is 0 Å². The highest BCUT2D eigenvalue weighted by atomic mass is 16.2. The standard InChI is InChI=1S/C17H28N2O/c1-2-9-19(13-5-7-18-8-6-13)17(20)16-14-11-3-4-12(10-11)15(14)16/h11-16,18H,2-10H2,1H3. The summed E-state index contributed by atoms with van der Waals surface area (Å²) in [5.74, 6) is 4.38. The van der Waals surface area contributed by atoms with Crippen molar-refractivity contribution < 1.29 is 4.79 Å². The molecule has 112 valence electrons. The van der Waals surface area contributed by atoms with Gasteiger partial charge in [0.25, 0.3) is 0 Å². The van der Waals surface area contributed by atoms with Crippen LogP contribution < -0.4 is 5.32 Å². The lowest BCUT2D eigenvalue weighted by molar-refractivity contribution is -0.136. The van der Waals surface area contributed by atoms with Crippen molar-refractivity contribution in [2.24, 2.45) is 29.6 Å². The molecule has 1 N–H and O–H groups in total. The van der Waals surface area contributed by atoms with Crippen LogP contribution in [0.15, 0.2) is 0 Å². The highest BCUT2D eigenvalue weighted by Gasteiger charge is 2.68. The number of rotatable bonds is 4. The molecule has 1 amide bonds. The minimum absolute atomic E-state index is 0.433. The van der Waals surface area contributed by atoms with Crippen LogP contribution in [-0.2, 0) is 4.79 Å². The average Bonchev–Trinajstić information content (AvgIpc) is 2.92. The van der Waals surface area contributed by atoms with E-state index in [1.54, 1.807) is 0 Å². The van der Waals surface area contributed by atoms with E-state index in [4.69, 9.17) is 0 Å². The number of fused-ring (bicyclic) bond motifs is 5. The number of nitrogens with zero attached hydrogens (tertiary/aromatic N) is 1. The zero-order chi connectivity index (χ0) is 13.7. The molecule has 1 aliphatic heterocycles. The van der Waals surface area contributed by atoms with Crippen LogP contribution in [0.2, 0.25) is 0 Å². The van der Waals surface area contributed by atoms with Gasteiger partial charge in [-0.05, 0) is 75.3 Å². The van der Waals surface area contributed by atoms with Crippen LogP contribution in [0.25, 0.3) is 0 Å². The van der Waals surface area contributed by atoms with E-state index in [0.717, 1.165) is 62.6 Å². The summed E-state index contributed by atoms with van der Waals surface area (Å²) in [6.45, 7) is 5.36. The van der Waals surface area contributed by atoms with Gasteiger partial charge >= 0.3 is 0 Å². The number of hydrogen-bond acceptors (Lipinski definition) is 2. The zero-order valence-corrected chi connectivity index (χ0v) is 12.7. The van der Waals surface area contributed by atoms with Crippen LogP contribution in [0, 0.1) is 29.6 Å². The Labute approximate surface area is 122 Å². The summed E-state index contributed by atoms with van der Waals surface area (Å²) in [5, 5.41) is 3.42. The first-order valence-corrected chi connectivity index (χ1v) is 8.82. The lowest BCUT2D eigenvalue weighted by Crippen LogP contribution is -2.47. The van der Waals surface area contributed by atoms with Crippen molar-refractivity contribution in [1.82, 2.24) is 10.2 Å². The van der Waals surface area contributed by atoms with Gasteiger partial charge in [0.15, 0.2) is 0 Å². The Kier molecular flexibility index (Phi) is 3.29. The summed E-state index contributed by atoms with van der Waals surface area (Å²) < 4.78 is 0. The first-order valence-electron chi connectivity index (χ1n) is 8.82. The predicted octanol–water partition coefficient (Wildman–Crippen LogP) is 2.27. The fraction of sp³-hybridized carbons (Fsp3) is 0.941. The molecular formula is C17H28N2O. The smallest absolute Gasteiger partial charge is 0.226 e. The second-order valence-corrected chi connectivity index (χ2v) is 7.53. The fourth-order valence-corrected chi connectivity index (χ4v) is 5.68. The number of piperidine rings is 1. The molecule has 0 aromatic carbocycles. The summed E-state index contributed by atoms with van der Waals surface area (Å²) in [5.41, 5.74) is 0. The molecule has 0 spiro atoms. The van der Waals surface area contributed by atoms with Gasteiger partial charge in [0.2, 0.25) is 5.91 Å². The Morgan fingerprint density at radius 3 is 2.35 bits per heavy atom. The molecule has 0 aromatic heterocycles. The van der Waals surface area contributed by atoms with E-state index in [1.807, 2.05) is 0 Å². The summed E-state index contributed by atoms with van der Waals surface area (Å²) in [6.07, 6.45) is 7.68. The van der Waals surface area contributed by atoms with Crippen molar-refractivity contribution in [2.75, 3.05) is 19.6 Å². The highest BCUT2D eigenvalue weighted by molar-refractivity contribution is 5.83. The van der Waals surface area contributed by atoms with E-state index in [2.05, 4.69) is 17.1 Å². The van der Waals surface area contributed by atoms with Gasteiger partial charge in [-0.3, -0.25) is 4.79 Å². The van der Waals surface area contributed by atoms with Crippen molar-refractivity contribution in [3.8, 4) is 0 Å². The van der Waals surface area contributed by atoms with Crippen LogP contribution in [0.4, 0.5) is 0 Å². The van der Waals surface area contributed by atoms with Gasteiger partial charge in [0.1, 0.15) is 0 Å². The first kappa shape index (κ1) is 13.1. The monoisotopic (exact) mass is 276 g/mol. The van der Waals surface area contributed by atoms with E-state index in [-0.39, 0.29) is 0 Å². The van der Waals surface area contributed by atoms with Crippen molar-refractivity contribution in [1.29, 1.82) is 0 Å². The number of nitrogens with one attached hydrogen (secondary N) is 1. The molecule has 1 saturated heterocycles. The van der Waals surface area contributed by atoms with Crippen molar-refractivity contribution in [3.63, 3.8) is 0 Å². The summed E-state index contributed by atoms with van der Waals surface area (Å²) in [6, 6.07) is 0.516. The second kappa shape index (κ2) is 5.01. The number of carbonyl (C=O) groups excluding carboxylic acids is 1. The number of hydrogen-bond donors (Lipinski definition) is 1. The highest BCUT2D eigenvalue weighted by Crippen LogP contribution is 2.69. The molecule has 4 fully saturated rings. The maximum absolute atomic E-state index is 13.0. The average molecular weight is 276 g/mol. The molecule has 0 aromatic rings. The molecule has 3 heteroatoms. The Balaban J connectivity index is 1.45. The first-order chi connectivity index (χ1) is 9.81. The lowest BCUT2D eigenvalue weighted by Gasteiger charge is -2.35. The van der Waals surface area contributed by atoms with Crippen LogP contribution in [-0.4, -0.2) is 36.5 Å². The third-order valence-corrected chi connectivity index (χ3v) is 6.52. The van der Waals surface area contributed by atoms with E-state index >= 15 is 0 Å². The molecular weight excluding hydrogens is 248 g/mol. The molecule has 3 nitrogen and oxygen atoms in total. The van der Waals surface area contributed by atoms with Gasteiger partial charge < -0.3 is 10.2 Å². The van der Waals surface area contributed by atoms with Crippen molar-refractivity contribution >= 4 is 5.91 Å². The minimum atomic E-state index is 0.433. The van der Waals surface area contributed by atoms with Crippen molar-refractivity contribution in [3.05, 3.63) is 0 Å². The molecule has 3 aliphatic carbocycles. The third-order valence-electron chi connectivity index (χ3n) is 6.52. The topological polar surface area (TPSA) is 32.3 Å². The predicted molar refractivity (Wildman–Crippen MR) is 79.2 cm³/mol. The van der Waals surface area contributed by atoms with Crippen LogP contribution >= 0.6 is 0 Å². The summed E-state index contributed by atoms with van der Waals surface area (Å²) in [7, 11) is 0. The maximum Gasteiger partial charge on any atom is 0.226 e. The Hall–Kier alpha value is -0.570. The van der Waals surface area contributed by atoms with Gasteiger partial charge in [0, 0.05) is 18.5 Å². The zero-order valence-electron chi connectivity index (χ0n) is 12.7. The molecule has 1 heterocycles. The van der Waals surface area contributed by atoms with Gasteiger partial charge in [0.05, 0.1) is 0 Å². The third kappa shape index (κ3) is 1.93. The normalized spacial score (nSPS) is 42.5. The molecule has 4 unspecified atom stereocenters. The molecule has 0 radical (unpaired) electrons. The summed E-state index contributed by atoms with van der Waals surface area (Å²) >= 11 is 0. The lowest BCUT2D eigenvalue weighted by atomic mass is 9.99. The summed E-state index contributed by atoms with van der Waals surface area (Å²) in [4.78, 5) is 15.3. The fourth-order valence-electron chi connectivity index (χ4n) is 5.68. The van der Waals surface area contributed by atoms with Gasteiger partial charge in [-0.25, -0.2) is 0 Å². The largest absolute Gasteiger partial charge is 0.339 e. The van der Waals surface area contributed by atoms with E-state index in [0.29, 0.717) is 17.9 Å². The van der Waals surface area contributed by atoms with Crippen LogP contribution in [0.1, 0.15) is 45.4 Å². The van der Waals surface area contributed by atoms with E-state index in [1.165, 1.54) is 19.3 Å². The van der Waals surface area contributed by atoms with E-state index < -0.39 is 0 Å².